The van der Waals surface area contributed by atoms with E-state index in [0.717, 1.165) is 26.1 Å². The third-order valence-electron chi connectivity index (χ3n) is 2.84. The Bertz CT molecular complexity index is 453. The smallest absolute Gasteiger partial charge is 0.403 e. The number of H-pyrrole nitrogens is 1. The molecule has 1 atom stereocenters. The normalized spacial score (nSPS) is 20.8. The molecule has 0 bridgehead atoms. The minimum Gasteiger partial charge on any atom is -0.403 e. The monoisotopic (exact) mass is 255 g/mol. The van der Waals surface area contributed by atoms with Gasteiger partial charge in [0, 0.05) is 19.6 Å². The number of nitrogens with zero attached hydrogens (tertiary/aromatic N) is 1. The van der Waals surface area contributed by atoms with E-state index in [9.17, 15) is 9.59 Å². The number of oxazole rings is 1. The highest BCUT2D eigenvalue weighted by molar-refractivity contribution is 5.90. The predicted molar refractivity (Wildman–Crippen MR) is 63.5 cm³/mol. The van der Waals surface area contributed by atoms with Crippen LogP contribution in [0.2, 0.25) is 0 Å². The van der Waals surface area contributed by atoms with Crippen LogP contribution in [0.15, 0.2) is 15.4 Å². The van der Waals surface area contributed by atoms with Gasteiger partial charge in [-0.25, -0.2) is 4.79 Å². The minimum atomic E-state index is -0.627. The van der Waals surface area contributed by atoms with Gasteiger partial charge in [0.1, 0.15) is 0 Å². The number of carbonyl (C=O) groups excluding carboxylic acids is 1. The predicted octanol–water partition coefficient (Wildman–Crippen LogP) is -0.582. The fourth-order valence-electron chi connectivity index (χ4n) is 1.87. The van der Waals surface area contributed by atoms with Crippen LogP contribution in [-0.4, -0.2) is 55.2 Å². The first-order chi connectivity index (χ1) is 8.65. The molecule has 2 N–H and O–H groups in total. The number of carbonyl (C=O) groups is 1. The number of aromatic amines is 1. The fourth-order valence-corrected chi connectivity index (χ4v) is 1.87. The molecule has 0 aliphatic carbocycles. The molecule has 1 aliphatic rings. The van der Waals surface area contributed by atoms with E-state index in [1.54, 1.807) is 0 Å². The quantitative estimate of drug-likeness (QED) is 0.751. The average Bonchev–Trinajstić information content (AvgIpc) is 2.76. The summed E-state index contributed by atoms with van der Waals surface area (Å²) in [5.41, 5.74) is 0. The summed E-state index contributed by atoms with van der Waals surface area (Å²) in [5.74, 6) is -1.02. The van der Waals surface area contributed by atoms with Crippen molar-refractivity contribution in [2.24, 2.45) is 0 Å². The zero-order valence-corrected chi connectivity index (χ0v) is 10.3. The molecule has 1 aromatic rings. The second kappa shape index (κ2) is 5.83. The van der Waals surface area contributed by atoms with E-state index in [2.05, 4.69) is 19.6 Å². The number of ether oxygens (including phenoxy) is 1. The lowest BCUT2D eigenvalue weighted by molar-refractivity contribution is -0.0226. The molecule has 0 spiro atoms. The number of amides is 1. The molecule has 2 rings (SSSR count). The number of rotatable bonds is 4. The van der Waals surface area contributed by atoms with Crippen molar-refractivity contribution < 1.29 is 13.9 Å². The van der Waals surface area contributed by atoms with Gasteiger partial charge < -0.3 is 19.4 Å². The Kier molecular flexibility index (Phi) is 4.16. The summed E-state index contributed by atoms with van der Waals surface area (Å²) in [7, 11) is 2.04. The highest BCUT2D eigenvalue weighted by atomic mass is 16.5. The second-order valence-corrected chi connectivity index (χ2v) is 4.34. The van der Waals surface area contributed by atoms with Gasteiger partial charge in [0.2, 0.25) is 5.76 Å². The summed E-state index contributed by atoms with van der Waals surface area (Å²) in [6, 6.07) is 0. The lowest BCUT2D eigenvalue weighted by atomic mass is 10.2. The van der Waals surface area contributed by atoms with Crippen molar-refractivity contribution in [3.63, 3.8) is 0 Å². The second-order valence-electron chi connectivity index (χ2n) is 4.34. The molecular formula is C11H17N3O4. The molecule has 1 fully saturated rings. The van der Waals surface area contributed by atoms with Crippen LogP contribution in [0, 0.1) is 0 Å². The first kappa shape index (κ1) is 12.8. The van der Waals surface area contributed by atoms with E-state index in [0.29, 0.717) is 6.54 Å². The summed E-state index contributed by atoms with van der Waals surface area (Å²) >= 11 is 0. The lowest BCUT2D eigenvalue weighted by Gasteiger charge is -2.29. The zero-order chi connectivity index (χ0) is 13.0. The Balaban J connectivity index is 1.72. The van der Waals surface area contributed by atoms with E-state index in [1.165, 1.54) is 6.20 Å². The van der Waals surface area contributed by atoms with E-state index < -0.39 is 11.7 Å². The minimum absolute atomic E-state index is 0.00156. The molecule has 7 heteroatoms. The maximum absolute atomic E-state index is 11.5. The van der Waals surface area contributed by atoms with Crippen LogP contribution in [-0.2, 0) is 4.74 Å². The standard InChI is InChI=1S/C11H17N3O4/c1-14-4-5-17-8(7-14)2-3-12-10(15)9-6-13-11(16)18-9/h6,8H,2-5,7H2,1H3,(H,12,15)(H,13,16). The Morgan fingerprint density at radius 2 is 2.50 bits per heavy atom. The van der Waals surface area contributed by atoms with Gasteiger partial charge >= 0.3 is 5.76 Å². The van der Waals surface area contributed by atoms with Crippen LogP contribution in [0.3, 0.4) is 0 Å². The molecule has 1 saturated heterocycles. The average molecular weight is 255 g/mol. The molecule has 1 unspecified atom stereocenters. The topological polar surface area (TPSA) is 87.6 Å². The molecule has 7 nitrogen and oxygen atoms in total. The SMILES string of the molecule is CN1CCOC(CCNC(=O)c2c[nH]c(=O)o2)C1. The molecule has 0 aromatic carbocycles. The molecule has 100 valence electrons. The maximum atomic E-state index is 11.5. The number of likely N-dealkylation sites (N-methyl/N-ethyl adjacent to an activating group) is 1. The molecule has 18 heavy (non-hydrogen) atoms. The fraction of sp³-hybridized carbons (Fsp3) is 0.636. The van der Waals surface area contributed by atoms with Crippen molar-refractivity contribution in [1.82, 2.24) is 15.2 Å². The van der Waals surface area contributed by atoms with Crippen LogP contribution in [0.25, 0.3) is 0 Å². The Morgan fingerprint density at radius 1 is 1.67 bits per heavy atom. The number of aromatic nitrogens is 1. The third kappa shape index (κ3) is 3.44. The lowest BCUT2D eigenvalue weighted by Crippen LogP contribution is -2.41. The van der Waals surface area contributed by atoms with Crippen molar-refractivity contribution in [1.29, 1.82) is 0 Å². The molecule has 0 radical (unpaired) electrons. The van der Waals surface area contributed by atoms with Gasteiger partial charge in [-0.05, 0) is 13.5 Å². The first-order valence-corrected chi connectivity index (χ1v) is 5.92. The first-order valence-electron chi connectivity index (χ1n) is 5.92. The Labute approximate surface area is 104 Å². The summed E-state index contributed by atoms with van der Waals surface area (Å²) in [4.78, 5) is 26.7. The van der Waals surface area contributed by atoms with Crippen LogP contribution in [0.1, 0.15) is 17.0 Å². The third-order valence-corrected chi connectivity index (χ3v) is 2.84. The van der Waals surface area contributed by atoms with Gasteiger partial charge in [0.05, 0.1) is 18.9 Å². The van der Waals surface area contributed by atoms with Gasteiger partial charge in [-0.15, -0.1) is 0 Å². The van der Waals surface area contributed by atoms with Gasteiger partial charge in [0.25, 0.3) is 5.91 Å². The van der Waals surface area contributed by atoms with E-state index >= 15 is 0 Å². The summed E-state index contributed by atoms with van der Waals surface area (Å²) < 4.78 is 10.2. The Hall–Kier alpha value is -1.60. The van der Waals surface area contributed by atoms with Crippen molar-refractivity contribution in [3.05, 3.63) is 22.5 Å². The van der Waals surface area contributed by atoms with E-state index in [4.69, 9.17) is 4.74 Å². The van der Waals surface area contributed by atoms with Crippen molar-refractivity contribution in [3.8, 4) is 0 Å². The van der Waals surface area contributed by atoms with Crippen molar-refractivity contribution >= 4 is 5.91 Å². The number of hydrogen-bond donors (Lipinski definition) is 2. The number of nitrogens with one attached hydrogen (secondary N) is 2. The van der Waals surface area contributed by atoms with Crippen molar-refractivity contribution in [2.45, 2.75) is 12.5 Å². The highest BCUT2D eigenvalue weighted by Gasteiger charge is 2.18. The zero-order valence-electron chi connectivity index (χ0n) is 10.3. The molecule has 0 saturated carbocycles. The van der Waals surface area contributed by atoms with Crippen LogP contribution >= 0.6 is 0 Å². The highest BCUT2D eigenvalue weighted by Crippen LogP contribution is 2.06. The van der Waals surface area contributed by atoms with Crippen LogP contribution < -0.4 is 11.1 Å². The van der Waals surface area contributed by atoms with E-state index in [-0.39, 0.29) is 11.9 Å². The van der Waals surface area contributed by atoms with Gasteiger partial charge in [0.15, 0.2) is 0 Å². The largest absolute Gasteiger partial charge is 0.416 e. The molecule has 1 aromatic heterocycles. The van der Waals surface area contributed by atoms with Gasteiger partial charge in [-0.3, -0.25) is 9.78 Å². The summed E-state index contributed by atoms with van der Waals surface area (Å²) in [6.45, 7) is 3.03. The molecule has 1 amide bonds. The number of hydrogen-bond acceptors (Lipinski definition) is 5. The van der Waals surface area contributed by atoms with Crippen molar-refractivity contribution in [2.75, 3.05) is 33.3 Å². The maximum Gasteiger partial charge on any atom is 0.416 e. The molecule has 2 heterocycles. The summed E-state index contributed by atoms with van der Waals surface area (Å²) in [6.07, 6.45) is 2.13. The summed E-state index contributed by atoms with van der Waals surface area (Å²) in [5, 5.41) is 2.68. The van der Waals surface area contributed by atoms with Crippen LogP contribution in [0.4, 0.5) is 0 Å². The Morgan fingerprint density at radius 3 is 3.17 bits per heavy atom. The van der Waals surface area contributed by atoms with E-state index in [1.807, 2.05) is 7.05 Å². The number of morpholine rings is 1. The molecule has 1 aliphatic heterocycles. The molecular weight excluding hydrogens is 238 g/mol. The van der Waals surface area contributed by atoms with Crippen LogP contribution in [0.5, 0.6) is 0 Å². The van der Waals surface area contributed by atoms with Gasteiger partial charge in [-0.2, -0.15) is 0 Å². The van der Waals surface area contributed by atoms with Gasteiger partial charge in [-0.1, -0.05) is 0 Å².